The Morgan fingerprint density at radius 2 is 1.85 bits per heavy atom. The molecule has 148 valence electrons. The number of benzene rings is 1. The van der Waals surface area contributed by atoms with Crippen LogP contribution in [0.2, 0.25) is 0 Å². The Bertz CT molecular complexity index is 683. The van der Waals surface area contributed by atoms with Gasteiger partial charge in [-0.3, -0.25) is 0 Å². The van der Waals surface area contributed by atoms with Crippen LogP contribution in [0.15, 0.2) is 29.3 Å². The lowest BCUT2D eigenvalue weighted by molar-refractivity contribution is 0.528. The van der Waals surface area contributed by atoms with E-state index in [4.69, 9.17) is 0 Å². The molecule has 1 saturated carbocycles. The summed E-state index contributed by atoms with van der Waals surface area (Å²) in [5.41, 5.74) is 2.30. The lowest BCUT2D eigenvalue weighted by atomic mass is 10.1. The number of aliphatic imine (C=N–C) groups is 1. The molecule has 2 rings (SSSR count). The number of nitrogens with one attached hydrogen (secondary N) is 2. The Balaban J connectivity index is 0.00000338. The van der Waals surface area contributed by atoms with Gasteiger partial charge in [0.1, 0.15) is 9.84 Å². The van der Waals surface area contributed by atoms with E-state index >= 15 is 0 Å². The number of nitrogens with zero attached hydrogens (tertiary/aromatic N) is 1. The third kappa shape index (κ3) is 8.70. The van der Waals surface area contributed by atoms with Crippen molar-refractivity contribution >= 4 is 39.8 Å². The maximum atomic E-state index is 11.6. The molecule has 1 aliphatic carbocycles. The van der Waals surface area contributed by atoms with Gasteiger partial charge >= 0.3 is 0 Å². The van der Waals surface area contributed by atoms with Crippen molar-refractivity contribution in [3.8, 4) is 0 Å². The van der Waals surface area contributed by atoms with Crippen molar-refractivity contribution in [2.24, 2.45) is 10.4 Å². The Kier molecular flexibility index (Phi) is 9.36. The first-order chi connectivity index (χ1) is 11.8. The van der Waals surface area contributed by atoms with E-state index < -0.39 is 9.84 Å². The monoisotopic (exact) mass is 493 g/mol. The fraction of sp³-hybridized carbons (Fsp3) is 0.632. The molecular formula is C19H32IN3O2S. The fourth-order valence-electron chi connectivity index (χ4n) is 2.80. The molecule has 0 heterocycles. The second-order valence-electron chi connectivity index (χ2n) is 7.35. The van der Waals surface area contributed by atoms with Crippen LogP contribution in [0.1, 0.15) is 43.7 Å². The Labute approximate surface area is 175 Å². The average Bonchev–Trinajstić information content (AvgIpc) is 3.29. The molecule has 2 N–H and O–H groups in total. The van der Waals surface area contributed by atoms with Gasteiger partial charge < -0.3 is 10.6 Å². The van der Waals surface area contributed by atoms with Gasteiger partial charge in [-0.15, -0.1) is 24.0 Å². The van der Waals surface area contributed by atoms with E-state index in [-0.39, 0.29) is 35.1 Å². The fourth-order valence-corrected chi connectivity index (χ4v) is 4.30. The minimum atomic E-state index is -2.95. The summed E-state index contributed by atoms with van der Waals surface area (Å²) < 4.78 is 23.2. The van der Waals surface area contributed by atoms with E-state index in [2.05, 4.69) is 53.7 Å². The molecule has 1 aromatic carbocycles. The molecule has 7 heteroatoms. The van der Waals surface area contributed by atoms with Gasteiger partial charge in [0.2, 0.25) is 0 Å². The summed E-state index contributed by atoms with van der Waals surface area (Å²) >= 11 is 0. The van der Waals surface area contributed by atoms with Gasteiger partial charge in [0.15, 0.2) is 5.96 Å². The second-order valence-corrected chi connectivity index (χ2v) is 9.49. The molecule has 26 heavy (non-hydrogen) atoms. The van der Waals surface area contributed by atoms with E-state index in [9.17, 15) is 8.42 Å². The Morgan fingerprint density at radius 1 is 1.19 bits per heavy atom. The highest BCUT2D eigenvalue weighted by Crippen LogP contribution is 2.45. The summed E-state index contributed by atoms with van der Waals surface area (Å²) in [5.74, 6) is 1.03. The largest absolute Gasteiger partial charge is 0.356 e. The van der Waals surface area contributed by atoms with Crippen molar-refractivity contribution in [2.45, 2.75) is 46.1 Å². The molecule has 0 spiro atoms. The molecule has 0 aromatic heterocycles. The number of halogens is 1. The Morgan fingerprint density at radius 3 is 2.38 bits per heavy atom. The van der Waals surface area contributed by atoms with Gasteiger partial charge in [-0.25, -0.2) is 13.4 Å². The highest BCUT2D eigenvalue weighted by atomic mass is 127. The molecule has 1 aliphatic rings. The van der Waals surface area contributed by atoms with Crippen molar-refractivity contribution in [3.05, 3.63) is 35.4 Å². The van der Waals surface area contributed by atoms with Crippen molar-refractivity contribution < 1.29 is 8.42 Å². The molecule has 0 bridgehead atoms. The van der Waals surface area contributed by atoms with E-state index in [0.717, 1.165) is 38.2 Å². The first-order valence-electron chi connectivity index (χ1n) is 9.07. The normalized spacial score (nSPS) is 15.9. The van der Waals surface area contributed by atoms with Gasteiger partial charge in [0, 0.05) is 24.8 Å². The quantitative estimate of drug-likeness (QED) is 0.240. The predicted octanol–water partition coefficient (Wildman–Crippen LogP) is 3.27. The molecule has 1 aromatic rings. The summed E-state index contributed by atoms with van der Waals surface area (Å²) in [6.45, 7) is 6.37. The molecule has 0 amide bonds. The minimum absolute atomic E-state index is 0. The van der Waals surface area contributed by atoms with Crippen LogP contribution in [0, 0.1) is 12.3 Å². The summed E-state index contributed by atoms with van der Waals surface area (Å²) in [4.78, 5) is 4.67. The van der Waals surface area contributed by atoms with Crippen molar-refractivity contribution in [1.82, 2.24) is 10.6 Å². The van der Waals surface area contributed by atoms with Gasteiger partial charge in [0.25, 0.3) is 0 Å². The van der Waals surface area contributed by atoms with E-state index in [1.807, 2.05) is 0 Å². The average molecular weight is 493 g/mol. The standard InChI is InChI=1S/C19H31N3O2S.HI/c1-4-5-12-20-18(21-13-17-8-6-16(2)7-9-17)22-14-19(10-11-19)15-25(3,23)24;/h6-9H,4-5,10-15H2,1-3H3,(H2,20,21,22);1H. The zero-order valence-electron chi connectivity index (χ0n) is 16.0. The summed E-state index contributed by atoms with van der Waals surface area (Å²) in [7, 11) is -2.95. The molecule has 0 radical (unpaired) electrons. The first-order valence-corrected chi connectivity index (χ1v) is 11.1. The third-order valence-electron chi connectivity index (χ3n) is 4.52. The second kappa shape index (κ2) is 10.5. The maximum absolute atomic E-state index is 11.6. The molecule has 0 aliphatic heterocycles. The lowest BCUT2D eigenvalue weighted by Gasteiger charge is -2.18. The molecular weight excluding hydrogens is 461 g/mol. The van der Waals surface area contributed by atoms with Gasteiger partial charge in [0.05, 0.1) is 12.3 Å². The summed E-state index contributed by atoms with van der Waals surface area (Å²) in [5, 5.41) is 6.72. The zero-order chi connectivity index (χ0) is 18.3. The molecule has 5 nitrogen and oxygen atoms in total. The van der Waals surface area contributed by atoms with Gasteiger partial charge in [-0.05, 0) is 31.7 Å². The summed E-state index contributed by atoms with van der Waals surface area (Å²) in [6, 6.07) is 8.37. The van der Waals surface area contributed by atoms with Crippen LogP contribution in [0.3, 0.4) is 0 Å². The van der Waals surface area contributed by atoms with E-state index in [1.165, 1.54) is 17.4 Å². The zero-order valence-corrected chi connectivity index (χ0v) is 19.2. The predicted molar refractivity (Wildman–Crippen MR) is 120 cm³/mol. The highest BCUT2D eigenvalue weighted by Gasteiger charge is 2.45. The van der Waals surface area contributed by atoms with Crippen LogP contribution in [-0.4, -0.2) is 39.5 Å². The number of hydrogen-bond donors (Lipinski definition) is 2. The number of rotatable bonds is 9. The van der Waals surface area contributed by atoms with Crippen LogP contribution in [0.5, 0.6) is 0 Å². The lowest BCUT2D eigenvalue weighted by Crippen LogP contribution is -2.42. The van der Waals surface area contributed by atoms with Crippen molar-refractivity contribution in [3.63, 3.8) is 0 Å². The number of guanidine groups is 1. The van der Waals surface area contributed by atoms with E-state index in [1.54, 1.807) is 0 Å². The van der Waals surface area contributed by atoms with E-state index in [0.29, 0.717) is 13.1 Å². The first kappa shape index (κ1) is 23.2. The Hall–Kier alpha value is -0.830. The van der Waals surface area contributed by atoms with Gasteiger partial charge in [-0.1, -0.05) is 43.2 Å². The topological polar surface area (TPSA) is 70.6 Å². The van der Waals surface area contributed by atoms with Crippen molar-refractivity contribution in [1.29, 1.82) is 0 Å². The van der Waals surface area contributed by atoms with Crippen LogP contribution in [0.25, 0.3) is 0 Å². The number of sulfone groups is 1. The van der Waals surface area contributed by atoms with Crippen LogP contribution in [0.4, 0.5) is 0 Å². The molecule has 0 saturated heterocycles. The maximum Gasteiger partial charge on any atom is 0.191 e. The molecule has 1 fully saturated rings. The minimum Gasteiger partial charge on any atom is -0.356 e. The number of unbranched alkanes of at least 4 members (excludes halogenated alkanes) is 1. The van der Waals surface area contributed by atoms with Crippen LogP contribution >= 0.6 is 24.0 Å². The highest BCUT2D eigenvalue weighted by molar-refractivity contribution is 14.0. The molecule has 0 atom stereocenters. The smallest absolute Gasteiger partial charge is 0.191 e. The summed E-state index contributed by atoms with van der Waals surface area (Å²) in [6.07, 6.45) is 5.45. The SMILES string of the molecule is CCCCNC(=NCc1ccc(C)cc1)NCC1(CS(C)(=O)=O)CC1.I. The van der Waals surface area contributed by atoms with Crippen LogP contribution < -0.4 is 10.6 Å². The van der Waals surface area contributed by atoms with Gasteiger partial charge in [-0.2, -0.15) is 0 Å². The van der Waals surface area contributed by atoms with Crippen LogP contribution in [-0.2, 0) is 16.4 Å². The number of aryl methyl sites for hydroxylation is 1. The van der Waals surface area contributed by atoms with Crippen molar-refractivity contribution in [2.75, 3.05) is 25.1 Å². The number of hydrogen-bond acceptors (Lipinski definition) is 3. The third-order valence-corrected chi connectivity index (χ3v) is 5.66. The molecule has 0 unspecified atom stereocenters.